The van der Waals surface area contributed by atoms with E-state index in [1.165, 1.54) is 30.3 Å². The average Bonchev–Trinajstić information content (AvgIpc) is 2.60. The molecule has 0 saturated heterocycles. The summed E-state index contributed by atoms with van der Waals surface area (Å²) in [7, 11) is -3.81. The zero-order valence-electron chi connectivity index (χ0n) is 14.8. The lowest BCUT2D eigenvalue weighted by molar-refractivity contribution is -0.113. The van der Waals surface area contributed by atoms with Crippen molar-refractivity contribution in [1.29, 1.82) is 0 Å². The minimum atomic E-state index is -3.81. The molecule has 2 aromatic rings. The van der Waals surface area contributed by atoms with Gasteiger partial charge in [-0.3, -0.25) is 4.79 Å². The summed E-state index contributed by atoms with van der Waals surface area (Å²) in [6.45, 7) is 1.72. The molecule has 6 N–H and O–H groups in total. The molecule has 0 spiro atoms. The number of phenolic OH excluding ortho intramolecular Hbond substituents is 1. The lowest BCUT2D eigenvalue weighted by atomic mass is 9.94. The standard InChI is InChI=1S/C18H18N4O4S2/c1-10-15(16(22-18(27)20-10)11-3-2-4-13(23)9-11)17(24)21-12-5-7-14(8-6-12)28(19,25)26/h2-9,16,23H,1H3,(H,21,24)(H2,19,25,26)(H2,20,22,27). The predicted molar refractivity (Wildman–Crippen MR) is 109 cm³/mol. The van der Waals surface area contributed by atoms with Crippen molar-refractivity contribution < 1.29 is 18.3 Å². The molecular formula is C18H18N4O4S2. The molecule has 146 valence electrons. The molecule has 10 heteroatoms. The second-order valence-electron chi connectivity index (χ2n) is 6.19. The van der Waals surface area contributed by atoms with Crippen LogP contribution in [0.3, 0.4) is 0 Å². The van der Waals surface area contributed by atoms with Gasteiger partial charge in [0.1, 0.15) is 5.75 Å². The Bertz CT molecular complexity index is 1080. The van der Waals surface area contributed by atoms with E-state index < -0.39 is 22.0 Å². The zero-order valence-corrected chi connectivity index (χ0v) is 16.4. The van der Waals surface area contributed by atoms with Gasteiger partial charge in [0.15, 0.2) is 5.11 Å². The maximum Gasteiger partial charge on any atom is 0.255 e. The van der Waals surface area contributed by atoms with Crippen molar-refractivity contribution in [3.8, 4) is 5.75 Å². The molecule has 0 saturated carbocycles. The molecule has 1 heterocycles. The smallest absolute Gasteiger partial charge is 0.255 e. The van der Waals surface area contributed by atoms with Crippen molar-refractivity contribution in [3.63, 3.8) is 0 Å². The number of carbonyl (C=O) groups is 1. The number of aromatic hydroxyl groups is 1. The number of nitrogens with one attached hydrogen (secondary N) is 3. The maximum atomic E-state index is 12.9. The second kappa shape index (κ2) is 7.58. The summed E-state index contributed by atoms with van der Waals surface area (Å²) in [5.41, 5.74) is 2.02. The van der Waals surface area contributed by atoms with Gasteiger partial charge in [0.05, 0.1) is 16.5 Å². The molecule has 28 heavy (non-hydrogen) atoms. The predicted octanol–water partition coefficient (Wildman–Crippen LogP) is 1.47. The molecule has 2 aromatic carbocycles. The monoisotopic (exact) mass is 418 g/mol. The summed E-state index contributed by atoms with van der Waals surface area (Å²) < 4.78 is 22.7. The molecule has 1 aliphatic heterocycles. The number of hydrogen-bond acceptors (Lipinski definition) is 5. The molecule has 0 bridgehead atoms. The number of sulfonamides is 1. The summed E-state index contributed by atoms with van der Waals surface area (Å²) in [5, 5.41) is 23.9. The highest BCUT2D eigenvalue weighted by atomic mass is 32.2. The van der Waals surface area contributed by atoms with Gasteiger partial charge in [-0.2, -0.15) is 0 Å². The Balaban J connectivity index is 1.91. The van der Waals surface area contributed by atoms with Crippen LogP contribution in [0.5, 0.6) is 5.75 Å². The number of carbonyl (C=O) groups excluding carboxylic acids is 1. The molecule has 1 aliphatic rings. The summed E-state index contributed by atoms with van der Waals surface area (Å²) in [5.74, 6) is -0.337. The van der Waals surface area contributed by atoms with Gasteiger partial charge >= 0.3 is 0 Å². The summed E-state index contributed by atoms with van der Waals surface area (Å²) in [6.07, 6.45) is 0. The first-order valence-corrected chi connectivity index (χ1v) is 10.1. The van der Waals surface area contributed by atoms with Crippen LogP contribution in [0.2, 0.25) is 0 Å². The molecule has 0 fully saturated rings. The topological polar surface area (TPSA) is 134 Å². The van der Waals surface area contributed by atoms with E-state index in [1.807, 2.05) is 0 Å². The van der Waals surface area contributed by atoms with Crippen LogP contribution in [-0.4, -0.2) is 24.5 Å². The van der Waals surface area contributed by atoms with Crippen molar-refractivity contribution in [3.05, 3.63) is 65.4 Å². The molecule has 0 aliphatic carbocycles. The summed E-state index contributed by atoms with van der Waals surface area (Å²) >= 11 is 5.19. The Morgan fingerprint density at radius 2 is 1.89 bits per heavy atom. The largest absolute Gasteiger partial charge is 0.508 e. The summed E-state index contributed by atoms with van der Waals surface area (Å²) in [4.78, 5) is 12.9. The van der Waals surface area contributed by atoms with Crippen molar-refractivity contribution in [2.75, 3.05) is 5.32 Å². The van der Waals surface area contributed by atoms with E-state index in [0.717, 1.165) is 0 Å². The van der Waals surface area contributed by atoms with Crippen LogP contribution >= 0.6 is 12.2 Å². The quantitative estimate of drug-likeness (QED) is 0.475. The second-order valence-corrected chi connectivity index (χ2v) is 8.16. The molecule has 1 unspecified atom stereocenters. The maximum absolute atomic E-state index is 12.9. The van der Waals surface area contributed by atoms with Gasteiger partial charge in [-0.25, -0.2) is 13.6 Å². The van der Waals surface area contributed by atoms with Crippen LogP contribution in [0.15, 0.2) is 64.7 Å². The number of phenols is 1. The Hall–Kier alpha value is -2.95. The first-order valence-electron chi connectivity index (χ1n) is 8.16. The van der Waals surface area contributed by atoms with Gasteiger partial charge < -0.3 is 21.1 Å². The molecule has 0 aromatic heterocycles. The van der Waals surface area contributed by atoms with Crippen LogP contribution in [0, 0.1) is 0 Å². The molecule has 0 radical (unpaired) electrons. The Kier molecular flexibility index (Phi) is 5.36. The third-order valence-electron chi connectivity index (χ3n) is 4.16. The number of benzene rings is 2. The minimum absolute atomic E-state index is 0.0510. The van der Waals surface area contributed by atoms with Crippen molar-refractivity contribution in [2.45, 2.75) is 17.9 Å². The number of amides is 1. The van der Waals surface area contributed by atoms with Crippen molar-refractivity contribution in [1.82, 2.24) is 10.6 Å². The highest BCUT2D eigenvalue weighted by Gasteiger charge is 2.30. The highest BCUT2D eigenvalue weighted by molar-refractivity contribution is 7.89. The normalized spacial score (nSPS) is 16.9. The molecule has 3 rings (SSSR count). The molecule has 8 nitrogen and oxygen atoms in total. The average molecular weight is 419 g/mol. The lowest BCUT2D eigenvalue weighted by Crippen LogP contribution is -2.45. The number of thiocarbonyl (C=S) groups is 1. The van der Waals surface area contributed by atoms with Crippen molar-refractivity contribution >= 4 is 38.9 Å². The Labute approximate surface area is 167 Å². The molecule has 1 atom stereocenters. The van der Waals surface area contributed by atoms with Crippen LogP contribution < -0.4 is 21.1 Å². The molecular weight excluding hydrogens is 400 g/mol. The van der Waals surface area contributed by atoms with Gasteiger partial charge in [0, 0.05) is 11.4 Å². The Morgan fingerprint density at radius 3 is 2.50 bits per heavy atom. The number of hydrogen-bond donors (Lipinski definition) is 5. The summed E-state index contributed by atoms with van der Waals surface area (Å²) in [6, 6.07) is 11.5. The van der Waals surface area contributed by atoms with E-state index in [9.17, 15) is 18.3 Å². The van der Waals surface area contributed by atoms with Gasteiger partial charge in [0.2, 0.25) is 10.0 Å². The Morgan fingerprint density at radius 1 is 1.21 bits per heavy atom. The number of allylic oxidation sites excluding steroid dienone is 1. The minimum Gasteiger partial charge on any atom is -0.508 e. The third-order valence-corrected chi connectivity index (χ3v) is 5.31. The van der Waals surface area contributed by atoms with Gasteiger partial charge in [-0.1, -0.05) is 12.1 Å². The van der Waals surface area contributed by atoms with Crippen LogP contribution in [0.4, 0.5) is 5.69 Å². The van der Waals surface area contributed by atoms with Crippen LogP contribution in [0.25, 0.3) is 0 Å². The van der Waals surface area contributed by atoms with E-state index in [-0.39, 0.29) is 10.6 Å². The fourth-order valence-electron chi connectivity index (χ4n) is 2.88. The van der Waals surface area contributed by atoms with E-state index in [1.54, 1.807) is 25.1 Å². The van der Waals surface area contributed by atoms with E-state index in [4.69, 9.17) is 17.4 Å². The first-order chi connectivity index (χ1) is 13.1. The van der Waals surface area contributed by atoms with E-state index in [2.05, 4.69) is 16.0 Å². The zero-order chi connectivity index (χ0) is 20.5. The number of nitrogens with two attached hydrogens (primary N) is 1. The van der Waals surface area contributed by atoms with Crippen LogP contribution in [-0.2, 0) is 14.8 Å². The molecule has 1 amide bonds. The van der Waals surface area contributed by atoms with Crippen molar-refractivity contribution in [2.24, 2.45) is 5.14 Å². The first kappa shape index (κ1) is 19.8. The SMILES string of the molecule is CC1=C(C(=O)Nc2ccc(S(N)(=O)=O)cc2)C(c2cccc(O)c2)NC(=S)N1. The third kappa shape index (κ3) is 4.30. The van der Waals surface area contributed by atoms with Gasteiger partial charge in [0.25, 0.3) is 5.91 Å². The van der Waals surface area contributed by atoms with Gasteiger partial charge in [-0.05, 0) is 61.1 Å². The number of rotatable bonds is 4. The van der Waals surface area contributed by atoms with Gasteiger partial charge in [-0.15, -0.1) is 0 Å². The van der Waals surface area contributed by atoms with E-state index in [0.29, 0.717) is 27.6 Å². The number of primary sulfonamides is 1. The number of anilines is 1. The van der Waals surface area contributed by atoms with Crippen LogP contribution in [0.1, 0.15) is 18.5 Å². The lowest BCUT2D eigenvalue weighted by Gasteiger charge is -2.30. The highest BCUT2D eigenvalue weighted by Crippen LogP contribution is 2.29. The fourth-order valence-corrected chi connectivity index (χ4v) is 3.66. The van der Waals surface area contributed by atoms with E-state index >= 15 is 0 Å². The fraction of sp³-hybridized carbons (Fsp3) is 0.111.